The van der Waals surface area contributed by atoms with Gasteiger partial charge in [0.05, 0.1) is 37.6 Å². The van der Waals surface area contributed by atoms with Crippen LogP contribution >= 0.6 is 11.6 Å². The van der Waals surface area contributed by atoms with E-state index in [1.54, 1.807) is 12.1 Å². The minimum absolute atomic E-state index is 0.0581. The number of sulfonamides is 1. The molecule has 1 aromatic heterocycles. The minimum atomic E-state index is -3.76. The second kappa shape index (κ2) is 11.5. The molecule has 0 aliphatic heterocycles. The van der Waals surface area contributed by atoms with Crippen LogP contribution in [0, 0.1) is 0 Å². The Hall–Kier alpha value is -3.87. The molecule has 0 fully saturated rings. The summed E-state index contributed by atoms with van der Waals surface area (Å²) in [5, 5.41) is 6.50. The average Bonchev–Trinajstić information content (AvgIpc) is 3.30. The fraction of sp³-hybridized carbons (Fsp3) is 0.136. The lowest BCUT2D eigenvalue weighted by Crippen LogP contribution is -2.32. The molecule has 3 N–H and O–H groups in total. The van der Waals surface area contributed by atoms with Crippen molar-refractivity contribution >= 4 is 45.3 Å². The van der Waals surface area contributed by atoms with Crippen molar-refractivity contribution in [3.8, 4) is 11.5 Å². The number of carbonyl (C=O) groups is 2. The van der Waals surface area contributed by atoms with Crippen LogP contribution in [0.2, 0.25) is 5.02 Å². The predicted molar refractivity (Wildman–Crippen MR) is 128 cm³/mol. The van der Waals surface area contributed by atoms with E-state index < -0.39 is 21.8 Å². The molecule has 3 aromatic rings. The number of nitrogens with one attached hydrogen (secondary N) is 3. The number of rotatable bonds is 9. The summed E-state index contributed by atoms with van der Waals surface area (Å²) in [6.45, 7) is -0.115. The maximum absolute atomic E-state index is 12.3. The van der Waals surface area contributed by atoms with Crippen LogP contribution in [0.25, 0.3) is 0 Å². The van der Waals surface area contributed by atoms with Gasteiger partial charge < -0.3 is 19.2 Å². The van der Waals surface area contributed by atoms with Gasteiger partial charge in [-0.1, -0.05) is 11.6 Å². The van der Waals surface area contributed by atoms with Crippen molar-refractivity contribution in [3.05, 3.63) is 71.1 Å². The van der Waals surface area contributed by atoms with E-state index in [1.165, 1.54) is 56.7 Å². The van der Waals surface area contributed by atoms with E-state index in [4.69, 9.17) is 25.5 Å². The van der Waals surface area contributed by atoms with Gasteiger partial charge in [0.25, 0.3) is 0 Å². The Morgan fingerprint density at radius 1 is 1.03 bits per heavy atom. The second-order valence-electron chi connectivity index (χ2n) is 6.80. The van der Waals surface area contributed by atoms with Gasteiger partial charge in [0.15, 0.2) is 0 Å². The van der Waals surface area contributed by atoms with E-state index in [0.717, 1.165) is 6.21 Å². The molecule has 0 saturated heterocycles. The molecule has 13 heteroatoms. The van der Waals surface area contributed by atoms with E-state index in [1.807, 2.05) is 0 Å². The second-order valence-corrected chi connectivity index (χ2v) is 9.01. The van der Waals surface area contributed by atoms with Crippen LogP contribution in [0.1, 0.15) is 11.5 Å². The monoisotopic (exact) mass is 520 g/mol. The Morgan fingerprint density at radius 2 is 1.77 bits per heavy atom. The zero-order chi connectivity index (χ0) is 25.4. The molecular weight excluding hydrogens is 500 g/mol. The molecule has 0 radical (unpaired) electrons. The summed E-state index contributed by atoms with van der Waals surface area (Å²) in [6, 6.07) is 13.5. The number of hydrogen-bond acceptors (Lipinski definition) is 8. The first-order chi connectivity index (χ1) is 16.7. The smallest absolute Gasteiger partial charge is 0.329 e. The Bertz CT molecular complexity index is 1340. The van der Waals surface area contributed by atoms with Gasteiger partial charge in [-0.3, -0.25) is 9.59 Å². The molecule has 2 amide bonds. The Balaban J connectivity index is 1.53. The number of anilines is 1. The number of hydrogen-bond donors (Lipinski definition) is 3. The molecule has 1 heterocycles. The number of ether oxygens (including phenoxy) is 2. The van der Waals surface area contributed by atoms with Gasteiger partial charge in [0, 0.05) is 11.1 Å². The molecule has 0 bridgehead atoms. The molecule has 2 aromatic carbocycles. The molecule has 0 aliphatic rings. The number of furan rings is 1. The number of halogens is 1. The van der Waals surface area contributed by atoms with Crippen LogP contribution in [-0.4, -0.2) is 40.7 Å². The van der Waals surface area contributed by atoms with Crippen molar-refractivity contribution in [1.29, 1.82) is 0 Å². The van der Waals surface area contributed by atoms with E-state index in [2.05, 4.69) is 20.6 Å². The highest BCUT2D eigenvalue weighted by atomic mass is 35.5. The van der Waals surface area contributed by atoms with Gasteiger partial charge in [0.2, 0.25) is 10.0 Å². The van der Waals surface area contributed by atoms with E-state index in [0.29, 0.717) is 22.3 Å². The summed E-state index contributed by atoms with van der Waals surface area (Å²) < 4.78 is 42.7. The van der Waals surface area contributed by atoms with Crippen LogP contribution < -0.4 is 24.9 Å². The molecular formula is C22H21ClN4O7S. The minimum Gasteiger partial charge on any atom is -0.497 e. The fourth-order valence-corrected chi connectivity index (χ4v) is 3.84. The number of benzene rings is 2. The molecule has 0 atom stereocenters. The maximum Gasteiger partial charge on any atom is 0.329 e. The summed E-state index contributed by atoms with van der Waals surface area (Å²) in [7, 11) is -0.879. The maximum atomic E-state index is 12.3. The van der Waals surface area contributed by atoms with Crippen molar-refractivity contribution in [1.82, 2.24) is 10.1 Å². The highest BCUT2D eigenvalue weighted by Gasteiger charge is 2.17. The van der Waals surface area contributed by atoms with E-state index >= 15 is 0 Å². The molecule has 0 aliphatic carbocycles. The number of carbonyl (C=O) groups excluding carboxylic acids is 2. The largest absolute Gasteiger partial charge is 0.497 e. The lowest BCUT2D eigenvalue weighted by Gasteiger charge is -2.10. The van der Waals surface area contributed by atoms with Crippen LogP contribution in [0.5, 0.6) is 11.5 Å². The first-order valence-corrected chi connectivity index (χ1v) is 11.8. The van der Waals surface area contributed by atoms with Gasteiger partial charge in [-0.05, 0) is 48.5 Å². The predicted octanol–water partition coefficient (Wildman–Crippen LogP) is 2.52. The Labute approximate surface area is 206 Å². The lowest BCUT2D eigenvalue weighted by molar-refractivity contribution is -0.136. The fourth-order valence-electron chi connectivity index (χ4n) is 2.72. The van der Waals surface area contributed by atoms with Crippen LogP contribution in [-0.2, 0) is 26.2 Å². The van der Waals surface area contributed by atoms with Crippen LogP contribution in [0.15, 0.2) is 69.0 Å². The first kappa shape index (κ1) is 25.7. The summed E-state index contributed by atoms with van der Waals surface area (Å²) in [5.41, 5.74) is 2.32. The summed E-state index contributed by atoms with van der Waals surface area (Å²) >= 11 is 5.78. The topological polar surface area (TPSA) is 148 Å². The zero-order valence-electron chi connectivity index (χ0n) is 18.6. The number of methoxy groups -OCH3 is 2. The molecule has 0 spiro atoms. The quantitative estimate of drug-likeness (QED) is 0.223. The van der Waals surface area contributed by atoms with Crippen molar-refractivity contribution in [2.75, 3.05) is 19.5 Å². The molecule has 0 saturated carbocycles. The van der Waals surface area contributed by atoms with Gasteiger partial charge in [-0.15, -0.1) is 0 Å². The SMILES string of the molecule is COc1ccc(OC)c(NC(=O)C(=O)N/N=C/c2ccc(CNS(=O)(=O)c3ccc(Cl)cc3)o2)c1. The third-order valence-electron chi connectivity index (χ3n) is 4.46. The summed E-state index contributed by atoms with van der Waals surface area (Å²) in [5.74, 6) is -0.688. The Morgan fingerprint density at radius 3 is 2.46 bits per heavy atom. The van der Waals surface area contributed by atoms with Crippen molar-refractivity contribution in [3.63, 3.8) is 0 Å². The van der Waals surface area contributed by atoms with Gasteiger partial charge in [0.1, 0.15) is 23.0 Å². The first-order valence-electron chi connectivity index (χ1n) is 9.92. The van der Waals surface area contributed by atoms with E-state index in [9.17, 15) is 18.0 Å². The molecule has 35 heavy (non-hydrogen) atoms. The summed E-state index contributed by atoms with van der Waals surface area (Å²) in [6.07, 6.45) is 1.16. The molecule has 184 valence electrons. The Kier molecular flexibility index (Phi) is 8.47. The molecule has 3 rings (SSSR count). The van der Waals surface area contributed by atoms with Crippen molar-refractivity contribution < 1.29 is 31.9 Å². The van der Waals surface area contributed by atoms with Gasteiger partial charge >= 0.3 is 11.8 Å². The van der Waals surface area contributed by atoms with Gasteiger partial charge in [-0.2, -0.15) is 5.10 Å². The third-order valence-corrected chi connectivity index (χ3v) is 6.13. The van der Waals surface area contributed by atoms with Crippen molar-refractivity contribution in [2.24, 2.45) is 5.10 Å². The van der Waals surface area contributed by atoms with Gasteiger partial charge in [-0.25, -0.2) is 18.6 Å². The van der Waals surface area contributed by atoms with E-state index in [-0.39, 0.29) is 22.9 Å². The highest BCUT2D eigenvalue weighted by molar-refractivity contribution is 7.89. The standard InChI is InChI=1S/C22H21ClN4O7S/c1-32-15-7-10-20(33-2)19(11-15)26-21(28)22(29)27-24-12-16-5-6-17(34-16)13-25-35(30,31)18-8-3-14(23)4-9-18/h3-12,25H,13H2,1-2H3,(H,26,28)(H,27,29)/b24-12+. The van der Waals surface area contributed by atoms with Crippen LogP contribution in [0.3, 0.4) is 0 Å². The number of amides is 2. The lowest BCUT2D eigenvalue weighted by atomic mass is 10.2. The highest BCUT2D eigenvalue weighted by Crippen LogP contribution is 2.28. The summed E-state index contributed by atoms with van der Waals surface area (Å²) in [4.78, 5) is 24.3. The normalized spacial score (nSPS) is 11.3. The molecule has 11 nitrogen and oxygen atoms in total. The number of nitrogens with zero attached hydrogens (tertiary/aromatic N) is 1. The zero-order valence-corrected chi connectivity index (χ0v) is 20.1. The third kappa shape index (κ3) is 7.06. The molecule has 0 unspecified atom stereocenters. The average molecular weight is 521 g/mol. The van der Waals surface area contributed by atoms with Crippen LogP contribution in [0.4, 0.5) is 5.69 Å². The van der Waals surface area contributed by atoms with Crippen molar-refractivity contribution in [2.45, 2.75) is 11.4 Å². The number of hydrazone groups is 1.